The van der Waals surface area contributed by atoms with Gasteiger partial charge in [-0.15, -0.1) is 0 Å². The average Bonchev–Trinajstić information content (AvgIpc) is 3.03. The summed E-state index contributed by atoms with van der Waals surface area (Å²) in [6.45, 7) is 4.86. The molecule has 1 N–H and O–H groups in total. The minimum Gasteiger partial charge on any atom is -0.304 e. The van der Waals surface area contributed by atoms with Crippen molar-refractivity contribution in [2.45, 2.75) is 38.1 Å². The van der Waals surface area contributed by atoms with Crippen LogP contribution in [0.5, 0.6) is 0 Å². The maximum absolute atomic E-state index is 3.89. The monoisotopic (exact) mass is 249 g/mol. The van der Waals surface area contributed by atoms with Crippen LogP contribution in [-0.4, -0.2) is 49.2 Å². The van der Waals surface area contributed by atoms with E-state index >= 15 is 0 Å². The molecule has 18 heavy (non-hydrogen) atoms. The minimum atomic E-state index is 0.817. The Morgan fingerprint density at radius 3 is 2.50 bits per heavy atom. The molecule has 4 aliphatic rings. The van der Waals surface area contributed by atoms with E-state index in [1.165, 1.54) is 45.4 Å². The Balaban J connectivity index is 1.37. The molecule has 5 atom stereocenters. The third-order valence-corrected chi connectivity index (χ3v) is 6.28. The van der Waals surface area contributed by atoms with Crippen molar-refractivity contribution in [1.29, 1.82) is 0 Å². The van der Waals surface area contributed by atoms with Crippen molar-refractivity contribution in [3.63, 3.8) is 0 Å². The van der Waals surface area contributed by atoms with Crippen molar-refractivity contribution in [1.82, 2.24) is 15.3 Å². The second-order valence-electron chi connectivity index (χ2n) is 7.18. The molecular formula is C15H27N3. The SMILES string of the molecule is CN1CCN(NC2CC3CC2C2CCCC32)CC1. The molecule has 3 aliphatic carbocycles. The number of fused-ring (bicyclic) bond motifs is 5. The van der Waals surface area contributed by atoms with Crippen LogP contribution in [0.4, 0.5) is 0 Å². The van der Waals surface area contributed by atoms with Crippen LogP contribution in [0.3, 0.4) is 0 Å². The van der Waals surface area contributed by atoms with E-state index in [0.717, 1.165) is 29.7 Å². The fraction of sp³-hybridized carbons (Fsp3) is 1.00. The molecule has 0 aromatic rings. The molecule has 4 rings (SSSR count). The van der Waals surface area contributed by atoms with Crippen LogP contribution in [-0.2, 0) is 0 Å². The van der Waals surface area contributed by atoms with Gasteiger partial charge in [0.25, 0.3) is 0 Å². The van der Waals surface area contributed by atoms with Gasteiger partial charge in [0.05, 0.1) is 0 Å². The van der Waals surface area contributed by atoms with Gasteiger partial charge in [0.15, 0.2) is 0 Å². The number of rotatable bonds is 2. The zero-order valence-corrected chi connectivity index (χ0v) is 11.6. The molecule has 2 bridgehead atoms. The molecule has 0 radical (unpaired) electrons. The molecule has 102 valence electrons. The lowest BCUT2D eigenvalue weighted by molar-refractivity contribution is 0.0595. The number of hydrazine groups is 1. The van der Waals surface area contributed by atoms with E-state index in [9.17, 15) is 0 Å². The first-order valence-corrected chi connectivity index (χ1v) is 8.01. The van der Waals surface area contributed by atoms with Crippen LogP contribution in [0.25, 0.3) is 0 Å². The first kappa shape index (κ1) is 11.7. The number of nitrogens with zero attached hydrogens (tertiary/aromatic N) is 2. The second kappa shape index (κ2) is 4.46. The standard InChI is InChI=1S/C15H27N3/c1-17-5-7-18(8-6-17)16-15-10-11-9-14(15)13-4-2-3-12(11)13/h11-16H,2-10H2,1H3. The molecule has 1 aliphatic heterocycles. The Morgan fingerprint density at radius 2 is 1.67 bits per heavy atom. The zero-order chi connectivity index (χ0) is 12.1. The summed E-state index contributed by atoms with van der Waals surface area (Å²) in [6, 6.07) is 0.817. The first-order valence-electron chi connectivity index (χ1n) is 8.01. The van der Waals surface area contributed by atoms with Crippen LogP contribution in [0.1, 0.15) is 32.1 Å². The van der Waals surface area contributed by atoms with Crippen molar-refractivity contribution in [3.8, 4) is 0 Å². The quantitative estimate of drug-likeness (QED) is 0.801. The molecule has 0 amide bonds. The Morgan fingerprint density at radius 1 is 0.889 bits per heavy atom. The number of likely N-dealkylation sites (N-methyl/N-ethyl adjacent to an activating group) is 1. The summed E-state index contributed by atoms with van der Waals surface area (Å²) >= 11 is 0. The summed E-state index contributed by atoms with van der Waals surface area (Å²) in [6.07, 6.45) is 7.61. The summed E-state index contributed by atoms with van der Waals surface area (Å²) in [5.41, 5.74) is 3.89. The van der Waals surface area contributed by atoms with Crippen LogP contribution in [0.15, 0.2) is 0 Å². The fourth-order valence-corrected chi connectivity index (χ4v) is 5.39. The summed E-state index contributed by atoms with van der Waals surface area (Å²) in [7, 11) is 2.23. The van der Waals surface area contributed by atoms with Gasteiger partial charge in [0, 0.05) is 32.2 Å². The topological polar surface area (TPSA) is 18.5 Å². The summed E-state index contributed by atoms with van der Waals surface area (Å²) < 4.78 is 0. The highest BCUT2D eigenvalue weighted by Gasteiger charge is 2.53. The summed E-state index contributed by atoms with van der Waals surface area (Å²) in [5.74, 6) is 4.31. The van der Waals surface area contributed by atoms with Crippen LogP contribution >= 0.6 is 0 Å². The highest BCUT2D eigenvalue weighted by molar-refractivity contribution is 5.05. The molecular weight excluding hydrogens is 222 g/mol. The van der Waals surface area contributed by atoms with Gasteiger partial charge in [-0.3, -0.25) is 5.43 Å². The van der Waals surface area contributed by atoms with E-state index in [0.29, 0.717) is 0 Å². The maximum Gasteiger partial charge on any atom is 0.0259 e. The lowest BCUT2D eigenvalue weighted by atomic mass is 9.79. The van der Waals surface area contributed by atoms with Gasteiger partial charge in [-0.2, -0.15) is 0 Å². The van der Waals surface area contributed by atoms with Crippen LogP contribution in [0, 0.1) is 23.7 Å². The van der Waals surface area contributed by atoms with Crippen LogP contribution in [0.2, 0.25) is 0 Å². The number of piperazine rings is 1. The fourth-order valence-electron chi connectivity index (χ4n) is 5.39. The lowest BCUT2D eigenvalue weighted by Gasteiger charge is -2.39. The van der Waals surface area contributed by atoms with Crippen molar-refractivity contribution in [2.24, 2.45) is 23.7 Å². The molecule has 0 aromatic carbocycles. The molecule has 5 unspecified atom stereocenters. The molecule has 3 saturated carbocycles. The van der Waals surface area contributed by atoms with Crippen molar-refractivity contribution in [3.05, 3.63) is 0 Å². The minimum absolute atomic E-state index is 0.817. The van der Waals surface area contributed by atoms with E-state index in [1.54, 1.807) is 12.8 Å². The highest BCUT2D eigenvalue weighted by atomic mass is 15.5. The Kier molecular flexibility index (Phi) is 2.90. The Hall–Kier alpha value is -0.120. The van der Waals surface area contributed by atoms with Gasteiger partial charge < -0.3 is 4.90 Å². The van der Waals surface area contributed by atoms with E-state index < -0.39 is 0 Å². The third-order valence-electron chi connectivity index (χ3n) is 6.28. The van der Waals surface area contributed by atoms with Crippen molar-refractivity contribution in [2.75, 3.05) is 33.2 Å². The summed E-state index contributed by atoms with van der Waals surface area (Å²) in [5, 5.41) is 2.51. The predicted octanol–water partition coefficient (Wildman–Crippen LogP) is 1.56. The summed E-state index contributed by atoms with van der Waals surface area (Å²) in [4.78, 5) is 2.44. The number of hydrogen-bond acceptors (Lipinski definition) is 3. The van der Waals surface area contributed by atoms with Gasteiger partial charge in [-0.25, -0.2) is 5.01 Å². The maximum atomic E-state index is 3.89. The zero-order valence-electron chi connectivity index (χ0n) is 11.6. The van der Waals surface area contributed by atoms with E-state index in [-0.39, 0.29) is 0 Å². The largest absolute Gasteiger partial charge is 0.304 e. The van der Waals surface area contributed by atoms with Gasteiger partial charge in [-0.05, 0) is 56.4 Å². The third kappa shape index (κ3) is 1.83. The van der Waals surface area contributed by atoms with Crippen LogP contribution < -0.4 is 5.43 Å². The van der Waals surface area contributed by atoms with E-state index in [1.807, 2.05) is 0 Å². The number of hydrogen-bond donors (Lipinski definition) is 1. The smallest absolute Gasteiger partial charge is 0.0259 e. The highest BCUT2D eigenvalue weighted by Crippen LogP contribution is 2.58. The Labute approximate surface area is 111 Å². The molecule has 1 saturated heterocycles. The van der Waals surface area contributed by atoms with Crippen molar-refractivity contribution >= 4 is 0 Å². The second-order valence-corrected chi connectivity index (χ2v) is 7.18. The number of nitrogens with one attached hydrogen (secondary N) is 1. The van der Waals surface area contributed by atoms with E-state index in [4.69, 9.17) is 0 Å². The molecule has 0 aromatic heterocycles. The van der Waals surface area contributed by atoms with Gasteiger partial charge >= 0.3 is 0 Å². The molecule has 3 heteroatoms. The molecule has 1 heterocycles. The van der Waals surface area contributed by atoms with Gasteiger partial charge in [0.2, 0.25) is 0 Å². The van der Waals surface area contributed by atoms with Gasteiger partial charge in [0.1, 0.15) is 0 Å². The molecule has 0 spiro atoms. The van der Waals surface area contributed by atoms with Gasteiger partial charge in [-0.1, -0.05) is 6.42 Å². The van der Waals surface area contributed by atoms with Crippen molar-refractivity contribution < 1.29 is 0 Å². The molecule has 4 fully saturated rings. The lowest BCUT2D eigenvalue weighted by Crippen LogP contribution is -2.55. The first-order chi connectivity index (χ1) is 8.81. The normalized spacial score (nSPS) is 48.8. The molecule has 3 nitrogen and oxygen atoms in total. The Bertz CT molecular complexity index is 311. The van der Waals surface area contributed by atoms with E-state index in [2.05, 4.69) is 22.4 Å². The predicted molar refractivity (Wildman–Crippen MR) is 73.0 cm³/mol. The average molecular weight is 249 g/mol.